The van der Waals surface area contributed by atoms with Crippen molar-refractivity contribution >= 4 is 23.2 Å². The SMILES string of the molecule is COc1ccc(Nc2ncc(C(=O)Nc3ccc(F)cc3F)cn2)cc1OC. The van der Waals surface area contributed by atoms with Crippen LogP contribution in [0.4, 0.5) is 26.1 Å². The zero-order chi connectivity index (χ0) is 20.1. The Labute approximate surface area is 159 Å². The van der Waals surface area contributed by atoms with Gasteiger partial charge in [0.2, 0.25) is 5.95 Å². The maximum Gasteiger partial charge on any atom is 0.258 e. The molecule has 28 heavy (non-hydrogen) atoms. The highest BCUT2D eigenvalue weighted by atomic mass is 19.1. The zero-order valence-electron chi connectivity index (χ0n) is 15.0. The maximum atomic E-state index is 13.6. The number of hydrogen-bond donors (Lipinski definition) is 2. The summed E-state index contributed by atoms with van der Waals surface area (Å²) in [5.41, 5.74) is 0.628. The fraction of sp³-hybridized carbons (Fsp3) is 0.105. The minimum Gasteiger partial charge on any atom is -0.493 e. The minimum absolute atomic E-state index is 0.113. The minimum atomic E-state index is -0.874. The number of rotatable bonds is 6. The number of hydrogen-bond acceptors (Lipinski definition) is 6. The third-order valence-corrected chi connectivity index (χ3v) is 3.73. The Hall–Kier alpha value is -3.75. The van der Waals surface area contributed by atoms with E-state index in [1.165, 1.54) is 26.6 Å². The second-order valence-electron chi connectivity index (χ2n) is 5.57. The lowest BCUT2D eigenvalue weighted by atomic mass is 10.2. The highest BCUT2D eigenvalue weighted by Gasteiger charge is 2.12. The smallest absolute Gasteiger partial charge is 0.258 e. The van der Waals surface area contributed by atoms with Crippen molar-refractivity contribution in [3.63, 3.8) is 0 Å². The summed E-state index contributed by atoms with van der Waals surface area (Å²) in [6.07, 6.45) is 2.57. The van der Waals surface area contributed by atoms with Crippen molar-refractivity contribution in [2.24, 2.45) is 0 Å². The van der Waals surface area contributed by atoms with E-state index in [0.717, 1.165) is 12.1 Å². The Morgan fingerprint density at radius 1 is 0.964 bits per heavy atom. The molecule has 0 saturated heterocycles. The summed E-state index contributed by atoms with van der Waals surface area (Å²) in [4.78, 5) is 20.3. The highest BCUT2D eigenvalue weighted by Crippen LogP contribution is 2.30. The second-order valence-corrected chi connectivity index (χ2v) is 5.57. The van der Waals surface area contributed by atoms with Crippen LogP contribution in [-0.4, -0.2) is 30.1 Å². The molecule has 0 saturated carbocycles. The largest absolute Gasteiger partial charge is 0.493 e. The molecular weight excluding hydrogens is 370 g/mol. The molecule has 0 aliphatic heterocycles. The first-order valence-electron chi connectivity index (χ1n) is 8.07. The van der Waals surface area contributed by atoms with Crippen LogP contribution in [-0.2, 0) is 0 Å². The Kier molecular flexibility index (Phi) is 5.64. The third kappa shape index (κ3) is 4.32. The van der Waals surface area contributed by atoms with Gasteiger partial charge in [-0.25, -0.2) is 18.7 Å². The highest BCUT2D eigenvalue weighted by molar-refractivity contribution is 6.03. The van der Waals surface area contributed by atoms with E-state index in [0.29, 0.717) is 23.3 Å². The number of carbonyl (C=O) groups is 1. The Morgan fingerprint density at radius 2 is 1.68 bits per heavy atom. The summed E-state index contributed by atoms with van der Waals surface area (Å²) in [6, 6.07) is 8.05. The summed E-state index contributed by atoms with van der Waals surface area (Å²) in [5, 5.41) is 5.31. The van der Waals surface area contributed by atoms with Crippen molar-refractivity contribution in [2.45, 2.75) is 0 Å². The van der Waals surface area contributed by atoms with E-state index in [4.69, 9.17) is 9.47 Å². The number of methoxy groups -OCH3 is 2. The lowest BCUT2D eigenvalue weighted by molar-refractivity contribution is 0.102. The van der Waals surface area contributed by atoms with Crippen molar-refractivity contribution < 1.29 is 23.0 Å². The first kappa shape index (κ1) is 19.0. The second kappa shape index (κ2) is 8.30. The Morgan fingerprint density at radius 3 is 2.32 bits per heavy atom. The zero-order valence-corrected chi connectivity index (χ0v) is 15.0. The molecule has 0 unspecified atom stereocenters. The predicted molar refractivity (Wildman–Crippen MR) is 99.2 cm³/mol. The Bertz CT molecular complexity index is 997. The fourth-order valence-corrected chi connectivity index (χ4v) is 2.34. The van der Waals surface area contributed by atoms with Crippen LogP contribution in [0.1, 0.15) is 10.4 Å². The van der Waals surface area contributed by atoms with Gasteiger partial charge < -0.3 is 20.1 Å². The van der Waals surface area contributed by atoms with Gasteiger partial charge in [-0.2, -0.15) is 0 Å². The monoisotopic (exact) mass is 386 g/mol. The Balaban J connectivity index is 1.70. The van der Waals surface area contributed by atoms with Crippen LogP contribution < -0.4 is 20.1 Å². The first-order valence-corrected chi connectivity index (χ1v) is 8.07. The summed E-state index contributed by atoms with van der Waals surface area (Å²) in [5.74, 6) is -0.871. The number of benzene rings is 2. The van der Waals surface area contributed by atoms with Gasteiger partial charge in [0.1, 0.15) is 11.6 Å². The lowest BCUT2D eigenvalue weighted by Crippen LogP contribution is -2.14. The molecule has 2 aromatic carbocycles. The molecule has 0 atom stereocenters. The van der Waals surface area contributed by atoms with E-state index in [-0.39, 0.29) is 17.2 Å². The molecule has 1 aromatic heterocycles. The van der Waals surface area contributed by atoms with Crippen LogP contribution in [0.15, 0.2) is 48.8 Å². The summed E-state index contributed by atoms with van der Waals surface area (Å²) >= 11 is 0. The molecular formula is C19H16F2N4O3. The number of anilines is 3. The fourth-order valence-electron chi connectivity index (χ4n) is 2.34. The van der Waals surface area contributed by atoms with Gasteiger partial charge in [-0.15, -0.1) is 0 Å². The molecule has 0 radical (unpaired) electrons. The topological polar surface area (TPSA) is 85.4 Å². The van der Waals surface area contributed by atoms with E-state index >= 15 is 0 Å². The number of aromatic nitrogens is 2. The van der Waals surface area contributed by atoms with Gasteiger partial charge in [0, 0.05) is 30.2 Å². The molecule has 144 valence electrons. The van der Waals surface area contributed by atoms with Crippen molar-refractivity contribution in [3.8, 4) is 11.5 Å². The molecule has 0 aliphatic rings. The molecule has 2 N–H and O–H groups in total. The molecule has 1 amide bonds. The van der Waals surface area contributed by atoms with Crippen molar-refractivity contribution in [1.29, 1.82) is 0 Å². The van der Waals surface area contributed by atoms with Gasteiger partial charge >= 0.3 is 0 Å². The first-order chi connectivity index (χ1) is 13.5. The number of amides is 1. The van der Waals surface area contributed by atoms with E-state index < -0.39 is 17.5 Å². The number of ether oxygens (including phenoxy) is 2. The van der Waals surface area contributed by atoms with Gasteiger partial charge in [-0.3, -0.25) is 4.79 Å². The third-order valence-electron chi connectivity index (χ3n) is 3.73. The van der Waals surface area contributed by atoms with Gasteiger partial charge in [-0.05, 0) is 24.3 Å². The van der Waals surface area contributed by atoms with E-state index in [2.05, 4.69) is 20.6 Å². The number of carbonyl (C=O) groups excluding carboxylic acids is 1. The predicted octanol–water partition coefficient (Wildman–Crippen LogP) is 3.77. The summed E-state index contributed by atoms with van der Waals surface area (Å²) in [6.45, 7) is 0. The van der Waals surface area contributed by atoms with Crippen LogP contribution in [0.25, 0.3) is 0 Å². The molecule has 3 rings (SSSR count). The maximum absolute atomic E-state index is 13.6. The molecule has 0 bridgehead atoms. The molecule has 0 spiro atoms. The standard InChI is InChI=1S/C19H16F2N4O3/c1-27-16-6-4-13(8-17(16)28-2)24-19-22-9-11(10-23-19)18(26)25-15-5-3-12(20)7-14(15)21/h3-10H,1-2H3,(H,25,26)(H,22,23,24). The summed E-state index contributed by atoms with van der Waals surface area (Å²) < 4.78 is 37.0. The average molecular weight is 386 g/mol. The van der Waals surface area contributed by atoms with E-state index in [1.54, 1.807) is 18.2 Å². The summed E-state index contributed by atoms with van der Waals surface area (Å²) in [7, 11) is 3.06. The van der Waals surface area contributed by atoms with E-state index in [9.17, 15) is 13.6 Å². The van der Waals surface area contributed by atoms with Crippen LogP contribution in [0, 0.1) is 11.6 Å². The molecule has 9 heteroatoms. The van der Waals surface area contributed by atoms with Crippen molar-refractivity contribution in [1.82, 2.24) is 9.97 Å². The van der Waals surface area contributed by atoms with Crippen molar-refractivity contribution in [3.05, 3.63) is 66.0 Å². The van der Waals surface area contributed by atoms with Crippen LogP contribution in [0.2, 0.25) is 0 Å². The molecule has 1 heterocycles. The van der Waals surface area contributed by atoms with Gasteiger partial charge in [-0.1, -0.05) is 0 Å². The molecule has 0 aliphatic carbocycles. The molecule has 3 aromatic rings. The lowest BCUT2D eigenvalue weighted by Gasteiger charge is -2.10. The number of nitrogens with zero attached hydrogens (tertiary/aromatic N) is 2. The van der Waals surface area contributed by atoms with Crippen LogP contribution >= 0.6 is 0 Å². The number of nitrogens with one attached hydrogen (secondary N) is 2. The van der Waals surface area contributed by atoms with Crippen LogP contribution in [0.3, 0.4) is 0 Å². The van der Waals surface area contributed by atoms with Gasteiger partial charge in [0.15, 0.2) is 11.5 Å². The molecule has 7 nitrogen and oxygen atoms in total. The normalized spacial score (nSPS) is 10.3. The molecule has 0 fully saturated rings. The van der Waals surface area contributed by atoms with Crippen LogP contribution in [0.5, 0.6) is 11.5 Å². The quantitative estimate of drug-likeness (QED) is 0.671. The van der Waals surface area contributed by atoms with Gasteiger partial charge in [0.25, 0.3) is 5.91 Å². The van der Waals surface area contributed by atoms with Gasteiger partial charge in [0.05, 0.1) is 25.5 Å². The van der Waals surface area contributed by atoms with E-state index in [1.807, 2.05) is 0 Å². The van der Waals surface area contributed by atoms with Crippen molar-refractivity contribution in [2.75, 3.05) is 24.9 Å². The average Bonchev–Trinajstić information content (AvgIpc) is 2.70. The number of halogens is 2.